The second-order valence-corrected chi connectivity index (χ2v) is 18.1. The van der Waals surface area contributed by atoms with Gasteiger partial charge in [-0.25, -0.2) is 4.99 Å². The second-order valence-electron chi connectivity index (χ2n) is 16.7. The van der Waals surface area contributed by atoms with E-state index in [0.717, 1.165) is 18.3 Å². The fourth-order valence-electron chi connectivity index (χ4n) is 11.9. The smallest absolute Gasteiger partial charge is 0.131 e. The van der Waals surface area contributed by atoms with Gasteiger partial charge in [-0.3, -0.25) is 4.99 Å². The first-order chi connectivity index (χ1) is 23.8. The highest BCUT2D eigenvalue weighted by Crippen LogP contribution is 2.56. The monoisotopic (exact) mass is 657 g/mol. The number of fused-ring (bicyclic) bond motifs is 6. The predicted molar refractivity (Wildman–Crippen MR) is 203 cm³/mol. The summed E-state index contributed by atoms with van der Waals surface area (Å²) in [7, 11) is 0. The standard InChI is InChI=1S/C44H55N3S/c1-2-12-28(13-3-1)29-22-24-30(25-23-29)42-35-17-4-8-18-36(35)45-44(46-42)41-39(27-26-34-33-16-7-11-21-40(33)48-43(34)41)47-37-19-9-5-14-31(37)32-15-6-10-20-38(32)47/h5,9,14,16-17,24,26-29,34,36-37,39-41,43H,1-4,6-8,10-13,15,18-23,25H2. The Bertz CT molecular complexity index is 1610. The molecule has 3 aliphatic heterocycles. The van der Waals surface area contributed by atoms with Crippen LogP contribution in [0.15, 0.2) is 92.2 Å². The van der Waals surface area contributed by atoms with Crippen molar-refractivity contribution in [3.05, 3.63) is 82.2 Å². The highest BCUT2D eigenvalue weighted by atomic mass is 32.2. The number of allylic oxidation sites excluding steroid dienone is 8. The molecule has 10 aliphatic rings. The molecule has 0 radical (unpaired) electrons. The van der Waals surface area contributed by atoms with E-state index >= 15 is 0 Å². The van der Waals surface area contributed by atoms with Crippen LogP contribution in [-0.2, 0) is 0 Å². The summed E-state index contributed by atoms with van der Waals surface area (Å²) in [5.74, 6) is 3.93. The van der Waals surface area contributed by atoms with Gasteiger partial charge in [0.15, 0.2) is 0 Å². The normalized spacial score (nSPS) is 39.2. The molecular weight excluding hydrogens is 603 g/mol. The maximum atomic E-state index is 5.85. The maximum Gasteiger partial charge on any atom is 0.131 e. The number of rotatable bonds is 4. The summed E-state index contributed by atoms with van der Waals surface area (Å²) >= 11 is 2.31. The molecule has 48 heavy (non-hydrogen) atoms. The molecule has 1 saturated carbocycles. The summed E-state index contributed by atoms with van der Waals surface area (Å²) in [5.41, 5.74) is 11.1. The van der Waals surface area contributed by atoms with E-state index in [1.807, 2.05) is 0 Å². The number of aliphatic imine (C=N–C) groups is 2. The molecule has 8 unspecified atom stereocenters. The molecule has 10 rings (SSSR count). The molecule has 8 atom stereocenters. The maximum absolute atomic E-state index is 5.85. The molecule has 4 heteroatoms. The van der Waals surface area contributed by atoms with Gasteiger partial charge in [-0.1, -0.05) is 86.3 Å². The van der Waals surface area contributed by atoms with Crippen LogP contribution in [0, 0.1) is 23.7 Å². The molecule has 3 heterocycles. The van der Waals surface area contributed by atoms with Gasteiger partial charge in [-0.2, -0.15) is 0 Å². The van der Waals surface area contributed by atoms with Crippen molar-refractivity contribution < 1.29 is 0 Å². The molecule has 7 aliphatic carbocycles. The van der Waals surface area contributed by atoms with Crippen LogP contribution in [0.25, 0.3) is 0 Å². The average Bonchev–Trinajstić information content (AvgIpc) is 3.70. The lowest BCUT2D eigenvalue weighted by molar-refractivity contribution is 0.202. The lowest BCUT2D eigenvalue weighted by Crippen LogP contribution is -2.52. The first kappa shape index (κ1) is 30.5. The van der Waals surface area contributed by atoms with Gasteiger partial charge in [-0.15, -0.1) is 11.8 Å². The van der Waals surface area contributed by atoms with E-state index in [0.29, 0.717) is 40.5 Å². The third-order valence-corrected chi connectivity index (χ3v) is 15.9. The number of thioether (sulfide) groups is 1. The Balaban J connectivity index is 1.05. The second kappa shape index (κ2) is 12.8. The molecule has 1 saturated heterocycles. The number of nitrogens with zero attached hydrogens (tertiary/aromatic N) is 3. The fraction of sp³-hybridized carbons (Fsp3) is 0.636. The Morgan fingerprint density at radius 1 is 0.750 bits per heavy atom. The summed E-state index contributed by atoms with van der Waals surface area (Å²) < 4.78 is 0. The largest absolute Gasteiger partial charge is 0.360 e. The Labute approximate surface area is 293 Å². The average molecular weight is 658 g/mol. The third kappa shape index (κ3) is 5.12. The van der Waals surface area contributed by atoms with Crippen LogP contribution in [0.4, 0.5) is 0 Å². The van der Waals surface area contributed by atoms with Gasteiger partial charge in [0.25, 0.3) is 0 Å². The first-order valence-electron chi connectivity index (χ1n) is 20.3. The Morgan fingerprint density at radius 2 is 1.65 bits per heavy atom. The zero-order valence-corrected chi connectivity index (χ0v) is 29.8. The molecule has 2 fully saturated rings. The zero-order valence-electron chi connectivity index (χ0n) is 29.0. The molecule has 0 aromatic carbocycles. The quantitative estimate of drug-likeness (QED) is 0.281. The van der Waals surface area contributed by atoms with Gasteiger partial charge in [0.2, 0.25) is 0 Å². The molecule has 0 spiro atoms. The number of hydrogen-bond acceptors (Lipinski definition) is 4. The minimum atomic E-state index is 0.298. The molecule has 0 N–H and O–H groups in total. The van der Waals surface area contributed by atoms with Crippen LogP contribution in [0.2, 0.25) is 0 Å². The van der Waals surface area contributed by atoms with Crippen molar-refractivity contribution in [2.45, 2.75) is 151 Å². The molecule has 0 amide bonds. The Hall–Kier alpha value is -2.33. The molecule has 0 bridgehead atoms. The van der Waals surface area contributed by atoms with Crippen LogP contribution in [0.5, 0.6) is 0 Å². The summed E-state index contributed by atoms with van der Waals surface area (Å²) in [6.45, 7) is 0. The summed E-state index contributed by atoms with van der Waals surface area (Å²) in [6.07, 6.45) is 45.4. The van der Waals surface area contributed by atoms with E-state index in [-0.39, 0.29) is 0 Å². The van der Waals surface area contributed by atoms with E-state index in [4.69, 9.17) is 9.98 Å². The van der Waals surface area contributed by atoms with Gasteiger partial charge < -0.3 is 4.90 Å². The number of hydrogen-bond donors (Lipinski definition) is 0. The summed E-state index contributed by atoms with van der Waals surface area (Å²) in [6, 6.07) is 1.11. The van der Waals surface area contributed by atoms with Gasteiger partial charge in [-0.05, 0) is 124 Å². The molecular formula is C44H55N3S. The van der Waals surface area contributed by atoms with E-state index in [1.165, 1.54) is 133 Å². The minimum Gasteiger partial charge on any atom is -0.360 e. The zero-order chi connectivity index (χ0) is 31.6. The topological polar surface area (TPSA) is 28.0 Å². The van der Waals surface area contributed by atoms with Crippen molar-refractivity contribution in [2.75, 3.05) is 0 Å². The summed E-state index contributed by atoms with van der Waals surface area (Å²) in [5, 5.41) is 1.22. The van der Waals surface area contributed by atoms with Gasteiger partial charge in [0.05, 0.1) is 29.8 Å². The van der Waals surface area contributed by atoms with Crippen LogP contribution in [-0.4, -0.2) is 45.1 Å². The highest BCUT2D eigenvalue weighted by molar-refractivity contribution is 8.01. The van der Waals surface area contributed by atoms with Crippen molar-refractivity contribution in [1.82, 2.24) is 4.90 Å². The number of amidine groups is 1. The predicted octanol–water partition coefficient (Wildman–Crippen LogP) is 10.8. The highest BCUT2D eigenvalue weighted by Gasteiger charge is 2.53. The van der Waals surface area contributed by atoms with Crippen molar-refractivity contribution in [1.29, 1.82) is 0 Å². The van der Waals surface area contributed by atoms with E-state index < -0.39 is 0 Å². The van der Waals surface area contributed by atoms with Crippen molar-refractivity contribution in [3.8, 4) is 0 Å². The molecule has 252 valence electrons. The van der Waals surface area contributed by atoms with Crippen LogP contribution in [0.3, 0.4) is 0 Å². The van der Waals surface area contributed by atoms with E-state index in [9.17, 15) is 0 Å². The van der Waals surface area contributed by atoms with Crippen LogP contribution < -0.4 is 0 Å². The van der Waals surface area contributed by atoms with Crippen molar-refractivity contribution in [3.63, 3.8) is 0 Å². The van der Waals surface area contributed by atoms with Gasteiger partial charge in [0, 0.05) is 22.1 Å². The van der Waals surface area contributed by atoms with E-state index in [1.54, 1.807) is 28.0 Å². The first-order valence-corrected chi connectivity index (χ1v) is 21.2. The van der Waals surface area contributed by atoms with Gasteiger partial charge >= 0.3 is 0 Å². The van der Waals surface area contributed by atoms with E-state index in [2.05, 4.69) is 65.3 Å². The summed E-state index contributed by atoms with van der Waals surface area (Å²) in [4.78, 5) is 14.6. The Kier molecular flexibility index (Phi) is 8.11. The fourth-order valence-corrected chi connectivity index (χ4v) is 13.8. The molecule has 0 aromatic rings. The van der Waals surface area contributed by atoms with Crippen molar-refractivity contribution >= 4 is 23.3 Å². The minimum absolute atomic E-state index is 0.298. The molecule has 3 nitrogen and oxygen atoms in total. The lowest BCUT2D eigenvalue weighted by Gasteiger charge is -2.46. The van der Waals surface area contributed by atoms with Crippen LogP contribution >= 0.6 is 11.8 Å². The van der Waals surface area contributed by atoms with Crippen molar-refractivity contribution in [2.24, 2.45) is 33.7 Å². The lowest BCUT2D eigenvalue weighted by atomic mass is 9.72. The molecule has 0 aromatic heterocycles. The Morgan fingerprint density at radius 3 is 2.56 bits per heavy atom. The SMILES string of the molecule is C1=CCC2C(=C1)C1=C(CCCC1)N2C1C=CC2C3=CCCCC3SC2C1C1=NC2CCCC=C2C(C2=CCC(C3CCCCC3)CC2)=N1. The third-order valence-electron chi connectivity index (χ3n) is 14.2. The van der Waals surface area contributed by atoms with Gasteiger partial charge in [0.1, 0.15) is 5.84 Å². The van der Waals surface area contributed by atoms with Crippen LogP contribution in [0.1, 0.15) is 122 Å².